The molecule has 2 amide bonds. The van der Waals surface area contributed by atoms with Crippen molar-refractivity contribution in [2.45, 2.75) is 12.3 Å². The van der Waals surface area contributed by atoms with Crippen molar-refractivity contribution in [3.63, 3.8) is 0 Å². The Morgan fingerprint density at radius 2 is 2.00 bits per heavy atom. The van der Waals surface area contributed by atoms with Crippen LogP contribution in [0.15, 0.2) is 63.6 Å². The summed E-state index contributed by atoms with van der Waals surface area (Å²) in [6, 6.07) is 15.3. The van der Waals surface area contributed by atoms with Gasteiger partial charge in [-0.05, 0) is 35.9 Å². The van der Waals surface area contributed by atoms with Gasteiger partial charge in [0.25, 0.3) is 0 Å². The fourth-order valence-electron chi connectivity index (χ4n) is 2.82. The molecule has 0 bridgehead atoms. The van der Waals surface area contributed by atoms with Crippen LogP contribution in [0.1, 0.15) is 17.9 Å². The van der Waals surface area contributed by atoms with Crippen LogP contribution in [0.4, 0.5) is 10.1 Å². The van der Waals surface area contributed by atoms with E-state index in [9.17, 15) is 19.2 Å². The molecule has 1 heterocycles. The topological polar surface area (TPSA) is 82.0 Å². The Morgan fingerprint density at radius 3 is 2.68 bits per heavy atom. The van der Waals surface area contributed by atoms with Gasteiger partial charge in [0.15, 0.2) is 0 Å². The maximum Gasteiger partial charge on any atom is 0.234 e. The molecule has 1 aliphatic rings. The smallest absolute Gasteiger partial charge is 0.234 e. The second-order valence-electron chi connectivity index (χ2n) is 6.02. The minimum absolute atomic E-state index is 0.000842. The molecule has 2 N–H and O–H groups in total. The molecule has 3 rings (SSSR count). The number of nitriles is 1. The van der Waals surface area contributed by atoms with E-state index in [-0.39, 0.29) is 34.6 Å². The van der Waals surface area contributed by atoms with Crippen LogP contribution >= 0.6 is 27.7 Å². The van der Waals surface area contributed by atoms with Gasteiger partial charge < -0.3 is 10.6 Å². The highest BCUT2D eigenvalue weighted by Gasteiger charge is 2.31. The van der Waals surface area contributed by atoms with Crippen molar-refractivity contribution < 1.29 is 14.0 Å². The van der Waals surface area contributed by atoms with Crippen molar-refractivity contribution in [3.05, 3.63) is 75.0 Å². The Balaban J connectivity index is 1.76. The van der Waals surface area contributed by atoms with Crippen molar-refractivity contribution in [1.82, 2.24) is 5.32 Å². The first-order chi connectivity index (χ1) is 13.5. The van der Waals surface area contributed by atoms with Crippen LogP contribution in [0.5, 0.6) is 0 Å². The van der Waals surface area contributed by atoms with Crippen molar-refractivity contribution in [2.75, 3.05) is 11.1 Å². The molecule has 1 atom stereocenters. The number of allylic oxidation sites excluding steroid dienone is 1. The Bertz CT molecular complexity index is 986. The predicted octanol–water partition coefficient (Wildman–Crippen LogP) is 4.30. The lowest BCUT2D eigenvalue weighted by atomic mass is 9.87. The number of rotatable bonds is 5. The summed E-state index contributed by atoms with van der Waals surface area (Å²) in [6.45, 7) is 0. The zero-order chi connectivity index (χ0) is 20.1. The monoisotopic (exact) mass is 459 g/mol. The molecule has 0 saturated heterocycles. The number of anilines is 1. The maximum absolute atomic E-state index is 14.2. The number of nitrogens with one attached hydrogen (secondary N) is 2. The molecule has 2 aromatic rings. The van der Waals surface area contributed by atoms with Gasteiger partial charge >= 0.3 is 0 Å². The summed E-state index contributed by atoms with van der Waals surface area (Å²) >= 11 is 4.37. The van der Waals surface area contributed by atoms with E-state index in [1.807, 2.05) is 0 Å². The van der Waals surface area contributed by atoms with Crippen LogP contribution in [-0.4, -0.2) is 17.6 Å². The zero-order valence-corrected chi connectivity index (χ0v) is 16.9. The number of thioether (sulfide) groups is 1. The van der Waals surface area contributed by atoms with E-state index in [2.05, 4.69) is 32.6 Å². The van der Waals surface area contributed by atoms with E-state index >= 15 is 0 Å². The molecule has 5 nitrogen and oxygen atoms in total. The fraction of sp³-hybridized carbons (Fsp3) is 0.150. The van der Waals surface area contributed by atoms with Crippen molar-refractivity contribution in [2.24, 2.45) is 0 Å². The van der Waals surface area contributed by atoms with Crippen LogP contribution in [0, 0.1) is 17.1 Å². The fourth-order valence-corrected chi connectivity index (χ4v) is 3.97. The molecule has 0 fully saturated rings. The first-order valence-electron chi connectivity index (χ1n) is 8.34. The van der Waals surface area contributed by atoms with E-state index in [0.29, 0.717) is 11.3 Å². The first-order valence-corrected chi connectivity index (χ1v) is 10.1. The SMILES string of the molecule is N#CC1=C(SCC(=O)Nc2ccc(Br)cc2)NC(=O)C[C@H]1c1ccccc1F. The molecule has 2 aromatic carbocycles. The molecule has 0 spiro atoms. The summed E-state index contributed by atoms with van der Waals surface area (Å²) in [6.07, 6.45) is -0.0149. The summed E-state index contributed by atoms with van der Waals surface area (Å²) in [7, 11) is 0. The van der Waals surface area contributed by atoms with Gasteiger partial charge in [0.05, 0.1) is 22.4 Å². The highest BCUT2D eigenvalue weighted by atomic mass is 79.9. The Labute approximate surface area is 174 Å². The number of nitrogens with zero attached hydrogens (tertiary/aromatic N) is 1. The first kappa shape index (κ1) is 20.1. The normalized spacial score (nSPS) is 16.3. The molecule has 28 heavy (non-hydrogen) atoms. The predicted molar refractivity (Wildman–Crippen MR) is 110 cm³/mol. The van der Waals surface area contributed by atoms with Crippen molar-refractivity contribution in [3.8, 4) is 6.07 Å². The second kappa shape index (κ2) is 9.04. The van der Waals surface area contributed by atoms with Gasteiger partial charge in [-0.15, -0.1) is 0 Å². The number of halogens is 2. The summed E-state index contributed by atoms with van der Waals surface area (Å²) in [5, 5.41) is 15.3. The third-order valence-electron chi connectivity index (χ3n) is 4.11. The van der Waals surface area contributed by atoms with Gasteiger partial charge in [-0.3, -0.25) is 9.59 Å². The lowest BCUT2D eigenvalue weighted by Gasteiger charge is -2.25. The van der Waals surface area contributed by atoms with E-state index in [4.69, 9.17) is 0 Å². The van der Waals surface area contributed by atoms with E-state index < -0.39 is 11.7 Å². The average molecular weight is 460 g/mol. The molecule has 0 unspecified atom stereocenters. The lowest BCUT2D eigenvalue weighted by Crippen LogP contribution is -2.31. The van der Waals surface area contributed by atoms with E-state index in [0.717, 1.165) is 16.2 Å². The Kier molecular flexibility index (Phi) is 6.49. The molecule has 1 aliphatic heterocycles. The molecule has 0 radical (unpaired) electrons. The van der Waals surface area contributed by atoms with Gasteiger partial charge in [-0.1, -0.05) is 45.9 Å². The van der Waals surface area contributed by atoms with Crippen LogP contribution in [0.3, 0.4) is 0 Å². The summed E-state index contributed by atoms with van der Waals surface area (Å²) in [5.41, 5.74) is 1.19. The van der Waals surface area contributed by atoms with E-state index in [1.54, 1.807) is 42.5 Å². The number of carbonyl (C=O) groups excluding carboxylic acids is 2. The van der Waals surface area contributed by atoms with Gasteiger partial charge in [-0.2, -0.15) is 5.26 Å². The molecular weight excluding hydrogens is 445 g/mol. The molecule has 8 heteroatoms. The molecule has 0 aromatic heterocycles. The summed E-state index contributed by atoms with van der Waals surface area (Å²) in [4.78, 5) is 24.3. The number of hydrogen-bond donors (Lipinski definition) is 2. The Hall–Kier alpha value is -2.63. The van der Waals surface area contributed by atoms with Crippen molar-refractivity contribution in [1.29, 1.82) is 5.26 Å². The molecular formula is C20H15BrFN3O2S. The summed E-state index contributed by atoms with van der Waals surface area (Å²) in [5.74, 6) is -1.73. The van der Waals surface area contributed by atoms with Crippen molar-refractivity contribution >= 4 is 45.2 Å². The third-order valence-corrected chi connectivity index (χ3v) is 5.66. The van der Waals surface area contributed by atoms with Crippen LogP contribution < -0.4 is 10.6 Å². The largest absolute Gasteiger partial charge is 0.325 e. The molecule has 0 aliphatic carbocycles. The van der Waals surface area contributed by atoms with Gasteiger partial charge in [0.1, 0.15) is 5.82 Å². The average Bonchev–Trinajstić information content (AvgIpc) is 2.68. The number of benzene rings is 2. The minimum Gasteiger partial charge on any atom is -0.325 e. The summed E-state index contributed by atoms with van der Waals surface area (Å²) < 4.78 is 15.1. The van der Waals surface area contributed by atoms with Gasteiger partial charge in [0.2, 0.25) is 11.8 Å². The highest BCUT2D eigenvalue weighted by Crippen LogP contribution is 2.36. The highest BCUT2D eigenvalue weighted by molar-refractivity contribution is 9.10. The van der Waals surface area contributed by atoms with Crippen LogP contribution in [-0.2, 0) is 9.59 Å². The zero-order valence-electron chi connectivity index (χ0n) is 14.5. The number of carbonyl (C=O) groups is 2. The second-order valence-corrected chi connectivity index (χ2v) is 7.93. The van der Waals surface area contributed by atoms with Gasteiger partial charge in [-0.25, -0.2) is 4.39 Å². The molecule has 142 valence electrons. The Morgan fingerprint density at radius 1 is 1.29 bits per heavy atom. The standard InChI is InChI=1S/C20H15BrFN3O2S/c21-12-5-7-13(8-6-12)24-19(27)11-28-20-16(10-23)15(9-18(26)25-20)14-3-1-2-4-17(14)22/h1-8,15H,9,11H2,(H,24,27)(H,25,26)/t15-/m0/s1. The maximum atomic E-state index is 14.2. The van der Waals surface area contributed by atoms with Crippen LogP contribution in [0.25, 0.3) is 0 Å². The third kappa shape index (κ3) is 4.80. The number of amides is 2. The lowest BCUT2D eigenvalue weighted by molar-refractivity contribution is -0.121. The van der Waals surface area contributed by atoms with Gasteiger partial charge in [0, 0.05) is 22.5 Å². The number of hydrogen-bond acceptors (Lipinski definition) is 4. The van der Waals surface area contributed by atoms with Crippen LogP contribution in [0.2, 0.25) is 0 Å². The molecule has 0 saturated carbocycles. The quantitative estimate of drug-likeness (QED) is 0.698. The van der Waals surface area contributed by atoms with E-state index in [1.165, 1.54) is 6.07 Å². The minimum atomic E-state index is -0.669.